The van der Waals surface area contributed by atoms with Gasteiger partial charge in [0.05, 0.1) is 5.69 Å². The predicted octanol–water partition coefficient (Wildman–Crippen LogP) is 1.43. The lowest BCUT2D eigenvalue weighted by Crippen LogP contribution is -2.49. The summed E-state index contributed by atoms with van der Waals surface area (Å²) >= 11 is 1.56. The van der Waals surface area contributed by atoms with E-state index in [9.17, 15) is 9.59 Å². The van der Waals surface area contributed by atoms with Crippen molar-refractivity contribution in [2.75, 3.05) is 13.1 Å². The van der Waals surface area contributed by atoms with Gasteiger partial charge in [-0.2, -0.15) is 0 Å². The van der Waals surface area contributed by atoms with Crippen LogP contribution in [-0.2, 0) is 11.3 Å². The maximum absolute atomic E-state index is 12.3. The van der Waals surface area contributed by atoms with Gasteiger partial charge >= 0.3 is 0 Å². The minimum Gasteiger partial charge on any atom is -0.353 e. The molecular formula is C17H16N4O2S. The van der Waals surface area contributed by atoms with Crippen LogP contribution in [0.5, 0.6) is 0 Å². The Labute approximate surface area is 142 Å². The van der Waals surface area contributed by atoms with Crippen LogP contribution in [0.4, 0.5) is 0 Å². The van der Waals surface area contributed by atoms with E-state index < -0.39 is 0 Å². The molecule has 122 valence electrons. The third kappa shape index (κ3) is 2.72. The van der Waals surface area contributed by atoms with E-state index in [4.69, 9.17) is 0 Å². The molecule has 4 heterocycles. The molecule has 1 amide bonds. The Morgan fingerprint density at radius 1 is 1.25 bits per heavy atom. The minimum atomic E-state index is -0.324. The van der Waals surface area contributed by atoms with Crippen molar-refractivity contribution >= 4 is 22.9 Å². The highest BCUT2D eigenvalue weighted by atomic mass is 32.1. The van der Waals surface area contributed by atoms with Gasteiger partial charge < -0.3 is 5.32 Å². The summed E-state index contributed by atoms with van der Waals surface area (Å²) < 4.78 is 1.52. The molecule has 1 aliphatic rings. The molecule has 1 atom stereocenters. The predicted molar refractivity (Wildman–Crippen MR) is 91.9 cm³/mol. The number of nitrogens with zero attached hydrogens (tertiary/aromatic N) is 3. The Hall–Kier alpha value is -2.51. The molecule has 0 aliphatic carbocycles. The number of piperazine rings is 1. The number of aromatic nitrogens is 2. The van der Waals surface area contributed by atoms with Crippen LogP contribution in [0, 0.1) is 0 Å². The Kier molecular flexibility index (Phi) is 3.87. The Balaban J connectivity index is 1.68. The number of carbonyl (C=O) groups excluding carboxylic acids is 1. The second-order valence-corrected chi connectivity index (χ2v) is 6.67. The summed E-state index contributed by atoms with van der Waals surface area (Å²) in [5.74, 6) is 0.00112. The number of pyridine rings is 1. The first-order chi connectivity index (χ1) is 11.7. The number of hydrogen-bond acceptors (Lipinski definition) is 5. The fourth-order valence-electron chi connectivity index (χ4n) is 3.03. The Morgan fingerprint density at radius 2 is 2.17 bits per heavy atom. The summed E-state index contributed by atoms with van der Waals surface area (Å²) in [6.45, 7) is 1.80. The molecule has 0 spiro atoms. The van der Waals surface area contributed by atoms with E-state index in [1.54, 1.807) is 29.7 Å². The molecule has 0 bridgehead atoms. The van der Waals surface area contributed by atoms with Crippen molar-refractivity contribution in [2.45, 2.75) is 12.6 Å². The molecule has 3 aromatic heterocycles. The van der Waals surface area contributed by atoms with Gasteiger partial charge in [0.2, 0.25) is 5.91 Å². The molecule has 7 heteroatoms. The third-order valence-corrected chi connectivity index (χ3v) is 5.04. The van der Waals surface area contributed by atoms with E-state index in [1.807, 2.05) is 29.6 Å². The van der Waals surface area contributed by atoms with E-state index in [1.165, 1.54) is 4.40 Å². The van der Waals surface area contributed by atoms with E-state index in [0.717, 1.165) is 11.4 Å². The van der Waals surface area contributed by atoms with Crippen LogP contribution in [-0.4, -0.2) is 33.3 Å². The largest absolute Gasteiger partial charge is 0.353 e. The molecule has 3 aromatic rings. The molecule has 6 nitrogen and oxygen atoms in total. The second-order valence-electron chi connectivity index (χ2n) is 5.69. The van der Waals surface area contributed by atoms with Crippen LogP contribution in [0.25, 0.3) is 5.65 Å². The lowest BCUT2D eigenvalue weighted by Gasteiger charge is -2.34. The molecule has 0 saturated carbocycles. The van der Waals surface area contributed by atoms with Gasteiger partial charge in [-0.05, 0) is 23.6 Å². The highest BCUT2D eigenvalue weighted by molar-refractivity contribution is 7.10. The van der Waals surface area contributed by atoms with Crippen molar-refractivity contribution in [1.82, 2.24) is 19.6 Å². The van der Waals surface area contributed by atoms with Crippen LogP contribution < -0.4 is 10.9 Å². The van der Waals surface area contributed by atoms with Gasteiger partial charge in [-0.15, -0.1) is 11.3 Å². The first-order valence-electron chi connectivity index (χ1n) is 7.75. The standard InChI is InChI=1S/C17H16N4O2S/c22-15-10-12(19-14-5-1-2-7-21(14)15)11-20-8-6-18-17(23)16(20)13-4-3-9-24-13/h1-5,7,9-10,16H,6,8,11H2,(H,18,23)/t16-/m1/s1. The van der Waals surface area contributed by atoms with Crippen molar-refractivity contribution in [1.29, 1.82) is 0 Å². The highest BCUT2D eigenvalue weighted by Crippen LogP contribution is 2.28. The molecule has 0 unspecified atom stereocenters. The number of carbonyl (C=O) groups is 1. The monoisotopic (exact) mass is 340 g/mol. The summed E-state index contributed by atoms with van der Waals surface area (Å²) in [6.07, 6.45) is 1.71. The zero-order chi connectivity index (χ0) is 16.5. The third-order valence-electron chi connectivity index (χ3n) is 4.11. The average Bonchev–Trinajstić information content (AvgIpc) is 3.09. The number of amides is 1. The van der Waals surface area contributed by atoms with Crippen LogP contribution in [0.2, 0.25) is 0 Å². The quantitative estimate of drug-likeness (QED) is 0.783. The minimum absolute atomic E-state index is 0.00112. The van der Waals surface area contributed by atoms with E-state index in [-0.39, 0.29) is 17.5 Å². The first-order valence-corrected chi connectivity index (χ1v) is 8.63. The van der Waals surface area contributed by atoms with Crippen molar-refractivity contribution in [3.05, 3.63) is 68.9 Å². The lowest BCUT2D eigenvalue weighted by molar-refractivity contribution is -0.129. The summed E-state index contributed by atoms with van der Waals surface area (Å²) in [4.78, 5) is 32.2. The van der Waals surface area contributed by atoms with E-state index in [0.29, 0.717) is 24.4 Å². The maximum Gasteiger partial charge on any atom is 0.258 e. The molecule has 0 radical (unpaired) electrons. The normalized spacial score (nSPS) is 18.7. The molecule has 1 saturated heterocycles. The van der Waals surface area contributed by atoms with Crippen LogP contribution in [0.3, 0.4) is 0 Å². The van der Waals surface area contributed by atoms with Crippen molar-refractivity contribution in [2.24, 2.45) is 0 Å². The average molecular weight is 340 g/mol. The molecule has 24 heavy (non-hydrogen) atoms. The van der Waals surface area contributed by atoms with E-state index >= 15 is 0 Å². The lowest BCUT2D eigenvalue weighted by atomic mass is 10.1. The van der Waals surface area contributed by atoms with Crippen molar-refractivity contribution in [3.8, 4) is 0 Å². The summed E-state index contributed by atoms with van der Waals surface area (Å²) in [5, 5.41) is 4.89. The smallest absolute Gasteiger partial charge is 0.258 e. The Bertz CT molecular complexity index is 935. The molecule has 1 N–H and O–H groups in total. The molecular weight excluding hydrogens is 324 g/mol. The van der Waals surface area contributed by atoms with Crippen LogP contribution in [0.15, 0.2) is 52.8 Å². The van der Waals surface area contributed by atoms with Gasteiger partial charge in [0, 0.05) is 36.8 Å². The fraction of sp³-hybridized carbons (Fsp3) is 0.235. The van der Waals surface area contributed by atoms with Gasteiger partial charge in [-0.1, -0.05) is 12.1 Å². The number of rotatable bonds is 3. The number of thiophene rings is 1. The summed E-state index contributed by atoms with van der Waals surface area (Å²) in [7, 11) is 0. The SMILES string of the molecule is O=C1NCCN(Cc2cc(=O)n3ccccc3n2)[C@@H]1c1cccs1. The number of fused-ring (bicyclic) bond motifs is 1. The second kappa shape index (κ2) is 6.18. The molecule has 1 aliphatic heterocycles. The van der Waals surface area contributed by atoms with Gasteiger partial charge in [-0.3, -0.25) is 18.9 Å². The highest BCUT2D eigenvalue weighted by Gasteiger charge is 2.32. The molecule has 4 rings (SSSR count). The molecule has 0 aromatic carbocycles. The van der Waals surface area contributed by atoms with Gasteiger partial charge in [0.25, 0.3) is 5.56 Å². The van der Waals surface area contributed by atoms with Crippen LogP contribution in [0.1, 0.15) is 16.6 Å². The van der Waals surface area contributed by atoms with Crippen molar-refractivity contribution < 1.29 is 4.79 Å². The fourth-order valence-corrected chi connectivity index (χ4v) is 3.89. The Morgan fingerprint density at radius 3 is 3.00 bits per heavy atom. The number of hydrogen-bond donors (Lipinski definition) is 1. The van der Waals surface area contributed by atoms with Gasteiger partial charge in [0.1, 0.15) is 11.7 Å². The maximum atomic E-state index is 12.3. The number of nitrogens with one attached hydrogen (secondary N) is 1. The summed E-state index contributed by atoms with van der Waals surface area (Å²) in [5.41, 5.74) is 1.20. The summed E-state index contributed by atoms with van der Waals surface area (Å²) in [6, 6.07) is 10.6. The first kappa shape index (κ1) is 15.0. The zero-order valence-electron chi connectivity index (χ0n) is 12.9. The molecule has 1 fully saturated rings. The van der Waals surface area contributed by atoms with Crippen LogP contribution >= 0.6 is 11.3 Å². The van der Waals surface area contributed by atoms with Gasteiger partial charge in [-0.25, -0.2) is 4.98 Å². The zero-order valence-corrected chi connectivity index (χ0v) is 13.7. The van der Waals surface area contributed by atoms with Crippen molar-refractivity contribution in [3.63, 3.8) is 0 Å². The topological polar surface area (TPSA) is 66.7 Å². The van der Waals surface area contributed by atoms with E-state index in [2.05, 4.69) is 15.2 Å². The van der Waals surface area contributed by atoms with Gasteiger partial charge in [0.15, 0.2) is 0 Å².